The number of hydrogen-bond donors (Lipinski definition) is 1. The Balaban J connectivity index is 1.87. The van der Waals surface area contributed by atoms with E-state index in [0.29, 0.717) is 0 Å². The Morgan fingerprint density at radius 3 is 2.81 bits per heavy atom. The monoisotopic (exact) mass is 274 g/mol. The zero-order valence-electron chi connectivity index (χ0n) is 12.1. The van der Waals surface area contributed by atoms with Crippen LogP contribution in [0.15, 0.2) is 66.9 Å². The van der Waals surface area contributed by atoms with Crippen LogP contribution in [0.1, 0.15) is 28.4 Å². The number of fused-ring (bicyclic) bond motifs is 3. The van der Waals surface area contributed by atoms with Crippen LogP contribution >= 0.6 is 0 Å². The van der Waals surface area contributed by atoms with E-state index < -0.39 is 0 Å². The van der Waals surface area contributed by atoms with Crippen molar-refractivity contribution < 1.29 is 0 Å². The van der Waals surface area contributed by atoms with E-state index in [2.05, 4.69) is 83.7 Å². The van der Waals surface area contributed by atoms with Gasteiger partial charge in [0.1, 0.15) is 0 Å². The maximum absolute atomic E-state index is 3.70. The summed E-state index contributed by atoms with van der Waals surface area (Å²) in [4.78, 5) is 0. The first kappa shape index (κ1) is 12.4. The van der Waals surface area contributed by atoms with Gasteiger partial charge in [-0.3, -0.25) is 0 Å². The highest BCUT2D eigenvalue weighted by atomic mass is 15.1. The predicted octanol–water partition coefficient (Wildman–Crippen LogP) is 3.98. The van der Waals surface area contributed by atoms with Gasteiger partial charge in [-0.05, 0) is 36.2 Å². The van der Waals surface area contributed by atoms with Crippen LogP contribution in [-0.2, 0) is 6.54 Å². The quantitative estimate of drug-likeness (QED) is 0.710. The topological polar surface area (TPSA) is 17.0 Å². The highest BCUT2D eigenvalue weighted by molar-refractivity contribution is 5.47. The van der Waals surface area contributed by atoms with Crippen LogP contribution in [0.4, 0.5) is 0 Å². The highest BCUT2D eigenvalue weighted by Crippen LogP contribution is 2.30. The molecule has 0 aliphatic carbocycles. The molecule has 0 saturated heterocycles. The van der Waals surface area contributed by atoms with E-state index in [0.717, 1.165) is 6.54 Å². The van der Waals surface area contributed by atoms with Crippen LogP contribution in [0.25, 0.3) is 5.69 Å². The summed E-state index contributed by atoms with van der Waals surface area (Å²) in [7, 11) is 0. The average Bonchev–Trinajstić information content (AvgIpc) is 2.92. The Bertz CT molecular complexity index is 786. The summed E-state index contributed by atoms with van der Waals surface area (Å²) >= 11 is 0. The molecule has 0 radical (unpaired) electrons. The molecule has 2 aromatic carbocycles. The lowest BCUT2D eigenvalue weighted by Gasteiger charge is -2.18. The molecule has 4 rings (SSSR count). The first-order chi connectivity index (χ1) is 10.3. The predicted molar refractivity (Wildman–Crippen MR) is 85.6 cm³/mol. The van der Waals surface area contributed by atoms with Gasteiger partial charge in [-0.25, -0.2) is 0 Å². The number of nitrogens with one attached hydrogen (secondary N) is 1. The van der Waals surface area contributed by atoms with E-state index in [1.807, 2.05) is 0 Å². The molecule has 0 fully saturated rings. The molecule has 0 spiro atoms. The summed E-state index contributed by atoms with van der Waals surface area (Å²) in [5, 5.41) is 3.70. The number of benzene rings is 2. The van der Waals surface area contributed by atoms with E-state index in [4.69, 9.17) is 0 Å². The summed E-state index contributed by atoms with van der Waals surface area (Å²) in [5.74, 6) is 0. The molecule has 0 bridgehead atoms. The van der Waals surface area contributed by atoms with Crippen LogP contribution in [-0.4, -0.2) is 4.57 Å². The lowest BCUT2D eigenvalue weighted by atomic mass is 10.0. The summed E-state index contributed by atoms with van der Waals surface area (Å²) in [6.45, 7) is 3.03. The summed E-state index contributed by atoms with van der Waals surface area (Å²) in [6, 6.07) is 21.9. The Morgan fingerprint density at radius 2 is 1.90 bits per heavy atom. The summed E-state index contributed by atoms with van der Waals surface area (Å²) in [6.07, 6.45) is 2.16. The van der Waals surface area contributed by atoms with Crippen molar-refractivity contribution in [1.82, 2.24) is 9.88 Å². The molecule has 1 atom stereocenters. The lowest BCUT2D eigenvalue weighted by molar-refractivity contribution is 0.600. The third-order valence-electron chi connectivity index (χ3n) is 4.20. The van der Waals surface area contributed by atoms with E-state index in [1.165, 1.54) is 28.1 Å². The smallest absolute Gasteiger partial charge is 0.0737 e. The maximum Gasteiger partial charge on any atom is 0.0737 e. The molecule has 1 aromatic heterocycles. The van der Waals surface area contributed by atoms with Crippen molar-refractivity contribution in [3.05, 3.63) is 89.2 Å². The van der Waals surface area contributed by atoms with Crippen molar-refractivity contribution in [2.24, 2.45) is 0 Å². The molecule has 1 aliphatic heterocycles. The second kappa shape index (κ2) is 4.90. The molecule has 2 heterocycles. The SMILES string of the molecule is Cc1cccc([C@H]2NCc3ccccc3-n3cccc32)c1. The van der Waals surface area contributed by atoms with Crippen molar-refractivity contribution in [2.45, 2.75) is 19.5 Å². The molecule has 0 amide bonds. The van der Waals surface area contributed by atoms with Gasteiger partial charge in [-0.1, -0.05) is 48.0 Å². The molecule has 3 aromatic rings. The number of nitrogens with zero attached hydrogens (tertiary/aromatic N) is 1. The minimum atomic E-state index is 0.229. The fourth-order valence-corrected chi connectivity index (χ4v) is 3.20. The van der Waals surface area contributed by atoms with Gasteiger partial charge in [-0.15, -0.1) is 0 Å². The molecule has 1 N–H and O–H groups in total. The van der Waals surface area contributed by atoms with Crippen molar-refractivity contribution in [3.63, 3.8) is 0 Å². The minimum absolute atomic E-state index is 0.229. The number of rotatable bonds is 1. The minimum Gasteiger partial charge on any atom is -0.319 e. The molecule has 2 nitrogen and oxygen atoms in total. The van der Waals surface area contributed by atoms with Gasteiger partial charge in [0.05, 0.1) is 6.04 Å². The van der Waals surface area contributed by atoms with Gasteiger partial charge in [-0.2, -0.15) is 0 Å². The summed E-state index contributed by atoms with van der Waals surface area (Å²) in [5.41, 5.74) is 6.53. The van der Waals surface area contributed by atoms with Crippen LogP contribution < -0.4 is 5.32 Å². The van der Waals surface area contributed by atoms with Crippen molar-refractivity contribution >= 4 is 0 Å². The van der Waals surface area contributed by atoms with Crippen LogP contribution in [0.5, 0.6) is 0 Å². The first-order valence-corrected chi connectivity index (χ1v) is 7.38. The van der Waals surface area contributed by atoms with Crippen molar-refractivity contribution in [1.29, 1.82) is 0 Å². The van der Waals surface area contributed by atoms with Gasteiger partial charge in [0.25, 0.3) is 0 Å². The second-order valence-corrected chi connectivity index (χ2v) is 5.66. The second-order valence-electron chi connectivity index (χ2n) is 5.66. The van der Waals surface area contributed by atoms with Crippen LogP contribution in [0.2, 0.25) is 0 Å². The first-order valence-electron chi connectivity index (χ1n) is 7.38. The Kier molecular flexibility index (Phi) is 2.90. The maximum atomic E-state index is 3.70. The lowest BCUT2D eigenvalue weighted by Crippen LogP contribution is -2.21. The van der Waals surface area contributed by atoms with Gasteiger partial charge >= 0.3 is 0 Å². The zero-order chi connectivity index (χ0) is 14.2. The van der Waals surface area contributed by atoms with E-state index in [-0.39, 0.29) is 6.04 Å². The number of aryl methyl sites for hydroxylation is 1. The van der Waals surface area contributed by atoms with Crippen LogP contribution in [0, 0.1) is 6.92 Å². The Labute approximate surface area is 125 Å². The van der Waals surface area contributed by atoms with Gasteiger partial charge in [0.15, 0.2) is 0 Å². The van der Waals surface area contributed by atoms with Gasteiger partial charge in [0, 0.05) is 24.1 Å². The standard InChI is InChI=1S/C19H18N2/c1-14-6-4-8-15(12-14)19-18-10-5-11-21(18)17-9-3-2-7-16(17)13-20-19/h2-12,19-20H,13H2,1H3/t19-/m1/s1. The van der Waals surface area contributed by atoms with Gasteiger partial charge < -0.3 is 9.88 Å². The molecule has 0 unspecified atom stereocenters. The molecular formula is C19H18N2. The molecule has 0 saturated carbocycles. The van der Waals surface area contributed by atoms with Crippen LogP contribution in [0.3, 0.4) is 0 Å². The average molecular weight is 274 g/mol. The zero-order valence-corrected chi connectivity index (χ0v) is 12.1. The van der Waals surface area contributed by atoms with E-state index in [1.54, 1.807) is 0 Å². The molecule has 2 heteroatoms. The Morgan fingerprint density at radius 1 is 1.00 bits per heavy atom. The molecule has 21 heavy (non-hydrogen) atoms. The van der Waals surface area contributed by atoms with E-state index >= 15 is 0 Å². The highest BCUT2D eigenvalue weighted by Gasteiger charge is 2.22. The number of para-hydroxylation sites is 1. The summed E-state index contributed by atoms with van der Waals surface area (Å²) < 4.78 is 2.31. The fourth-order valence-electron chi connectivity index (χ4n) is 3.20. The normalized spacial score (nSPS) is 16.9. The largest absolute Gasteiger partial charge is 0.319 e. The third-order valence-corrected chi connectivity index (χ3v) is 4.20. The molecule has 104 valence electrons. The number of aromatic nitrogens is 1. The van der Waals surface area contributed by atoms with E-state index in [9.17, 15) is 0 Å². The molecular weight excluding hydrogens is 256 g/mol. The Hall–Kier alpha value is -2.32. The van der Waals surface area contributed by atoms with Crippen molar-refractivity contribution in [2.75, 3.05) is 0 Å². The molecule has 1 aliphatic rings. The van der Waals surface area contributed by atoms with Gasteiger partial charge in [0.2, 0.25) is 0 Å². The fraction of sp³-hybridized carbons (Fsp3) is 0.158. The van der Waals surface area contributed by atoms with Crippen molar-refractivity contribution in [3.8, 4) is 5.69 Å². The third kappa shape index (κ3) is 2.08. The number of hydrogen-bond acceptors (Lipinski definition) is 1.